The van der Waals surface area contributed by atoms with Crippen LogP contribution < -0.4 is 0 Å². The number of rotatable bonds is 3. The molecule has 0 aliphatic rings. The summed E-state index contributed by atoms with van der Waals surface area (Å²) in [7, 11) is 0. The number of hydrogen-bond donors (Lipinski definition) is 0. The molecule has 4 rings (SSSR count). The van der Waals surface area contributed by atoms with Gasteiger partial charge in [0.1, 0.15) is 5.52 Å². The highest BCUT2D eigenvalue weighted by Gasteiger charge is 2.38. The minimum atomic E-state index is -4.67. The second-order valence-electron chi connectivity index (χ2n) is 5.36. The number of alkyl halides is 3. The molecule has 6 nitrogen and oxygen atoms in total. The van der Waals surface area contributed by atoms with Crippen molar-refractivity contribution in [2.75, 3.05) is 0 Å². The molecule has 0 bridgehead atoms. The van der Waals surface area contributed by atoms with Crippen molar-refractivity contribution >= 4 is 11.0 Å². The fourth-order valence-electron chi connectivity index (χ4n) is 2.44. The molecule has 25 heavy (non-hydrogen) atoms. The average Bonchev–Trinajstić information content (AvgIpc) is 3.23. The number of hydrogen-bond acceptors (Lipinski definition) is 5. The molecular weight excluding hydrogens is 335 g/mol. The number of fused-ring (bicyclic) bond motifs is 1. The summed E-state index contributed by atoms with van der Waals surface area (Å²) < 4.78 is 43.6. The predicted molar refractivity (Wildman–Crippen MR) is 81.4 cm³/mol. The van der Waals surface area contributed by atoms with Crippen molar-refractivity contribution in [1.82, 2.24) is 25.1 Å². The number of benzene rings is 2. The lowest BCUT2D eigenvalue weighted by Crippen LogP contribution is -2.04. The van der Waals surface area contributed by atoms with Crippen molar-refractivity contribution in [3.63, 3.8) is 0 Å². The van der Waals surface area contributed by atoms with Gasteiger partial charge < -0.3 is 4.52 Å². The van der Waals surface area contributed by atoms with E-state index in [1.54, 1.807) is 22.9 Å². The highest BCUT2D eigenvalue weighted by atomic mass is 19.4. The molecule has 0 spiro atoms. The van der Waals surface area contributed by atoms with Gasteiger partial charge in [0.05, 0.1) is 12.1 Å². The zero-order valence-electron chi connectivity index (χ0n) is 12.6. The molecule has 2 aromatic heterocycles. The van der Waals surface area contributed by atoms with E-state index in [1.165, 1.54) is 0 Å². The number of halogens is 3. The molecule has 0 amide bonds. The van der Waals surface area contributed by atoms with E-state index in [0.29, 0.717) is 17.6 Å². The molecule has 0 saturated carbocycles. The first-order chi connectivity index (χ1) is 12.0. The second-order valence-corrected chi connectivity index (χ2v) is 5.36. The van der Waals surface area contributed by atoms with Crippen LogP contribution in [0.3, 0.4) is 0 Å². The summed E-state index contributed by atoms with van der Waals surface area (Å²) in [5, 5.41) is 11.5. The predicted octanol–water partition coefficient (Wildman–Crippen LogP) is 3.55. The topological polar surface area (TPSA) is 69.6 Å². The molecular formula is C16H10F3N5O. The summed E-state index contributed by atoms with van der Waals surface area (Å²) in [4.78, 5) is 3.38. The molecule has 0 radical (unpaired) electrons. The van der Waals surface area contributed by atoms with E-state index >= 15 is 0 Å². The molecule has 2 aromatic carbocycles. The fourth-order valence-corrected chi connectivity index (χ4v) is 2.44. The zero-order valence-corrected chi connectivity index (χ0v) is 12.6. The second kappa shape index (κ2) is 5.69. The largest absolute Gasteiger partial charge is 0.471 e. The molecule has 0 aliphatic carbocycles. The molecule has 126 valence electrons. The van der Waals surface area contributed by atoms with E-state index < -0.39 is 12.1 Å². The van der Waals surface area contributed by atoms with Crippen LogP contribution in [0.4, 0.5) is 13.2 Å². The van der Waals surface area contributed by atoms with Gasteiger partial charge in [0.2, 0.25) is 5.82 Å². The van der Waals surface area contributed by atoms with Crippen LogP contribution in [0.15, 0.2) is 53.1 Å². The summed E-state index contributed by atoms with van der Waals surface area (Å²) in [6.07, 6.45) is -4.67. The number of nitrogens with zero attached hydrogens (tertiary/aromatic N) is 5. The van der Waals surface area contributed by atoms with E-state index in [0.717, 1.165) is 11.1 Å². The van der Waals surface area contributed by atoms with Gasteiger partial charge >= 0.3 is 12.1 Å². The van der Waals surface area contributed by atoms with Crippen LogP contribution in [0, 0.1) is 0 Å². The normalized spacial score (nSPS) is 12.0. The molecule has 0 N–H and O–H groups in total. The molecule has 0 unspecified atom stereocenters. The van der Waals surface area contributed by atoms with Crippen molar-refractivity contribution in [2.45, 2.75) is 12.7 Å². The van der Waals surface area contributed by atoms with E-state index in [9.17, 15) is 13.2 Å². The smallest absolute Gasteiger partial charge is 0.329 e. The molecule has 0 fully saturated rings. The van der Waals surface area contributed by atoms with Crippen LogP contribution in [0.2, 0.25) is 0 Å². The van der Waals surface area contributed by atoms with Gasteiger partial charge in [0, 0.05) is 5.56 Å². The Bertz CT molecular complexity index is 1020. The van der Waals surface area contributed by atoms with Gasteiger partial charge in [-0.05, 0) is 23.8 Å². The minimum Gasteiger partial charge on any atom is -0.329 e. The fraction of sp³-hybridized carbons (Fsp3) is 0.125. The van der Waals surface area contributed by atoms with Crippen LogP contribution in [0.5, 0.6) is 0 Å². The summed E-state index contributed by atoms with van der Waals surface area (Å²) in [5.41, 5.74) is 2.73. The van der Waals surface area contributed by atoms with Crippen LogP contribution in [-0.4, -0.2) is 25.1 Å². The minimum absolute atomic E-state index is 0.146. The standard InChI is InChI=1S/C16H10F3N5O/c17-16(18,19)15-20-14(22-25-15)11-6-7-13-12(8-11)21-23-24(13)9-10-4-2-1-3-5-10/h1-8H,9H2. The lowest BCUT2D eigenvalue weighted by atomic mass is 10.2. The third-order valence-corrected chi connectivity index (χ3v) is 3.62. The van der Waals surface area contributed by atoms with E-state index in [2.05, 4.69) is 25.0 Å². The Morgan fingerprint density at radius 2 is 1.84 bits per heavy atom. The summed E-state index contributed by atoms with van der Waals surface area (Å²) in [5.74, 6) is -1.53. The lowest BCUT2D eigenvalue weighted by Gasteiger charge is -2.02. The van der Waals surface area contributed by atoms with E-state index in [-0.39, 0.29) is 5.82 Å². The number of aromatic nitrogens is 5. The first-order valence-electron chi connectivity index (χ1n) is 7.29. The monoisotopic (exact) mass is 345 g/mol. The van der Waals surface area contributed by atoms with Gasteiger partial charge in [-0.2, -0.15) is 18.2 Å². The summed E-state index contributed by atoms with van der Waals surface area (Å²) in [6, 6.07) is 14.6. The van der Waals surface area contributed by atoms with Gasteiger partial charge in [-0.25, -0.2) is 4.68 Å². The average molecular weight is 345 g/mol. The van der Waals surface area contributed by atoms with E-state index in [4.69, 9.17) is 0 Å². The highest BCUT2D eigenvalue weighted by molar-refractivity contribution is 5.79. The van der Waals surface area contributed by atoms with Crippen molar-refractivity contribution in [1.29, 1.82) is 0 Å². The first kappa shape index (κ1) is 15.3. The van der Waals surface area contributed by atoms with Crippen molar-refractivity contribution in [3.05, 3.63) is 60.0 Å². The molecule has 0 aliphatic heterocycles. The maximum Gasteiger partial charge on any atom is 0.471 e. The maximum atomic E-state index is 12.6. The lowest BCUT2D eigenvalue weighted by molar-refractivity contribution is -0.159. The van der Waals surface area contributed by atoms with Crippen molar-refractivity contribution < 1.29 is 17.7 Å². The highest BCUT2D eigenvalue weighted by Crippen LogP contribution is 2.30. The third kappa shape index (κ3) is 2.95. The van der Waals surface area contributed by atoms with Crippen LogP contribution in [0.1, 0.15) is 11.5 Å². The molecule has 2 heterocycles. The Hall–Kier alpha value is -3.23. The van der Waals surface area contributed by atoms with Gasteiger partial charge in [-0.1, -0.05) is 40.7 Å². The van der Waals surface area contributed by atoms with Crippen molar-refractivity contribution in [2.24, 2.45) is 0 Å². The molecule has 0 saturated heterocycles. The summed E-state index contributed by atoms with van der Waals surface area (Å²) >= 11 is 0. The Morgan fingerprint density at radius 3 is 2.56 bits per heavy atom. The molecule has 0 atom stereocenters. The first-order valence-corrected chi connectivity index (χ1v) is 7.29. The van der Waals surface area contributed by atoms with Crippen LogP contribution in [0.25, 0.3) is 22.4 Å². The van der Waals surface area contributed by atoms with Crippen molar-refractivity contribution in [3.8, 4) is 11.4 Å². The Labute approximate surface area is 138 Å². The maximum absolute atomic E-state index is 12.6. The van der Waals surface area contributed by atoms with Crippen LogP contribution in [-0.2, 0) is 12.7 Å². The Balaban J connectivity index is 1.67. The molecule has 4 aromatic rings. The Morgan fingerprint density at radius 1 is 1.04 bits per heavy atom. The van der Waals surface area contributed by atoms with Gasteiger partial charge in [-0.3, -0.25) is 0 Å². The van der Waals surface area contributed by atoms with Gasteiger partial charge in [0.15, 0.2) is 0 Å². The van der Waals surface area contributed by atoms with Gasteiger partial charge in [0.25, 0.3) is 0 Å². The quantitative estimate of drug-likeness (QED) is 0.568. The Kier molecular flexibility index (Phi) is 3.48. The molecule has 9 heteroatoms. The van der Waals surface area contributed by atoms with E-state index in [1.807, 2.05) is 30.3 Å². The zero-order chi connectivity index (χ0) is 17.4. The van der Waals surface area contributed by atoms with Crippen LogP contribution >= 0.6 is 0 Å². The summed E-state index contributed by atoms with van der Waals surface area (Å²) in [6.45, 7) is 0.539. The third-order valence-electron chi connectivity index (χ3n) is 3.62. The SMILES string of the molecule is FC(F)(F)c1nc(-c2ccc3c(c2)nnn3Cc2ccccc2)no1. The van der Waals surface area contributed by atoms with Gasteiger partial charge in [-0.15, -0.1) is 5.10 Å².